The second-order valence-corrected chi connectivity index (χ2v) is 14.8. The van der Waals surface area contributed by atoms with Crippen LogP contribution < -0.4 is 5.32 Å². The summed E-state index contributed by atoms with van der Waals surface area (Å²) in [6.45, 7) is 7.71. The molecule has 0 aromatic heterocycles. The van der Waals surface area contributed by atoms with Crippen molar-refractivity contribution >= 4 is 5.91 Å². The summed E-state index contributed by atoms with van der Waals surface area (Å²) in [5, 5.41) is 55.7. The van der Waals surface area contributed by atoms with Gasteiger partial charge in [-0.05, 0) is 26.7 Å². The van der Waals surface area contributed by atoms with E-state index in [1.807, 2.05) is 19.9 Å². The largest absolute Gasteiger partial charge is 0.394 e. The Morgan fingerprint density at radius 1 is 0.720 bits per heavy atom. The Balaban J connectivity index is 2.74. The highest BCUT2D eigenvalue weighted by Gasteiger charge is 2.46. The van der Waals surface area contributed by atoms with Crippen LogP contribution in [0.2, 0.25) is 0 Å². The van der Waals surface area contributed by atoms with Gasteiger partial charge in [0.05, 0.1) is 32.0 Å². The molecule has 0 radical (unpaired) electrons. The fourth-order valence-corrected chi connectivity index (χ4v) is 6.42. The number of unbranched alkanes of at least 4 members (excludes halogenated alkanes) is 18. The first-order valence-corrected chi connectivity index (χ1v) is 20.3. The lowest BCUT2D eigenvalue weighted by Gasteiger charge is -2.42. The first-order chi connectivity index (χ1) is 24.2. The van der Waals surface area contributed by atoms with E-state index in [2.05, 4.69) is 19.2 Å². The summed E-state index contributed by atoms with van der Waals surface area (Å²) in [4.78, 5) is 13.1. The van der Waals surface area contributed by atoms with E-state index in [0.29, 0.717) is 12.8 Å². The fraction of sp³-hybridized carbons (Fsp3) is 0.925. The quantitative estimate of drug-likeness (QED) is 0.0333. The van der Waals surface area contributed by atoms with E-state index in [-0.39, 0.29) is 13.2 Å². The molecule has 10 nitrogen and oxygen atoms in total. The number of amides is 1. The zero-order valence-electron chi connectivity index (χ0n) is 32.2. The zero-order valence-corrected chi connectivity index (χ0v) is 32.2. The summed E-state index contributed by atoms with van der Waals surface area (Å²) in [6, 6.07) is -0.845. The first kappa shape index (κ1) is 46.9. The topological polar surface area (TPSA) is 158 Å². The Morgan fingerprint density at radius 2 is 1.20 bits per heavy atom. The maximum atomic E-state index is 13.1. The number of allylic oxidation sites excluding steroid dienone is 1. The van der Waals surface area contributed by atoms with Crippen LogP contribution in [-0.2, 0) is 19.0 Å². The Kier molecular flexibility index (Phi) is 28.5. The second-order valence-electron chi connectivity index (χ2n) is 14.8. The molecule has 0 saturated carbocycles. The van der Waals surface area contributed by atoms with Crippen molar-refractivity contribution in [2.75, 3.05) is 19.8 Å². The molecule has 0 spiro atoms. The molecule has 1 fully saturated rings. The van der Waals surface area contributed by atoms with Gasteiger partial charge in [0.2, 0.25) is 5.91 Å². The molecule has 0 aliphatic carbocycles. The molecule has 10 heteroatoms. The third kappa shape index (κ3) is 21.4. The molecule has 0 unspecified atom stereocenters. The highest BCUT2D eigenvalue weighted by atomic mass is 16.7. The smallest absolute Gasteiger partial charge is 0.249 e. The summed E-state index contributed by atoms with van der Waals surface area (Å²) in [5.74, 6) is -0.555. The Labute approximate surface area is 304 Å². The molecule has 50 heavy (non-hydrogen) atoms. The molecule has 1 saturated heterocycles. The molecule has 296 valence electrons. The van der Waals surface area contributed by atoms with Gasteiger partial charge in [0.15, 0.2) is 6.29 Å². The van der Waals surface area contributed by atoms with E-state index >= 15 is 0 Å². The summed E-state index contributed by atoms with van der Waals surface area (Å²) in [7, 11) is 0. The van der Waals surface area contributed by atoms with Gasteiger partial charge in [-0.3, -0.25) is 4.79 Å². The number of rotatable bonds is 32. The summed E-state index contributed by atoms with van der Waals surface area (Å²) in [5.41, 5.74) is 1.01. The standard InChI is InChI=1S/C40H77NO9/c1-5-7-9-11-13-15-16-18-19-21-23-25-33(43)32(41-39(47)34(44)26-24-22-20-17-14-12-10-8-6-2)30-49-40-38(48-28-27-31(3)4)37(46)36(45)35(29-42)50-40/h27,32-38,40,42-46H,5-26,28-30H2,1-4H3,(H,41,47)/t32-,33+,34+,35+,36-,37-,38+,40-/m0/s1. The van der Waals surface area contributed by atoms with Crippen LogP contribution in [0.4, 0.5) is 0 Å². The number of carbonyl (C=O) groups excluding carboxylic acids is 1. The lowest BCUT2D eigenvalue weighted by Crippen LogP contribution is -2.61. The molecule has 1 heterocycles. The molecule has 0 aromatic carbocycles. The number of nitrogens with one attached hydrogen (secondary N) is 1. The van der Waals surface area contributed by atoms with E-state index < -0.39 is 61.5 Å². The minimum atomic E-state index is -1.39. The van der Waals surface area contributed by atoms with Crippen molar-refractivity contribution in [3.05, 3.63) is 11.6 Å². The Morgan fingerprint density at radius 3 is 1.68 bits per heavy atom. The van der Waals surface area contributed by atoms with Gasteiger partial charge >= 0.3 is 0 Å². The van der Waals surface area contributed by atoms with E-state index in [0.717, 1.165) is 44.1 Å². The molecule has 1 amide bonds. The molecular weight excluding hydrogens is 638 g/mol. The van der Waals surface area contributed by atoms with Crippen molar-refractivity contribution < 1.29 is 44.5 Å². The van der Waals surface area contributed by atoms with Gasteiger partial charge in [0.25, 0.3) is 0 Å². The van der Waals surface area contributed by atoms with Gasteiger partial charge in [-0.1, -0.05) is 154 Å². The molecule has 6 N–H and O–H groups in total. The second kappa shape index (κ2) is 30.4. The summed E-state index contributed by atoms with van der Waals surface area (Å²) >= 11 is 0. The van der Waals surface area contributed by atoms with E-state index in [9.17, 15) is 30.3 Å². The van der Waals surface area contributed by atoms with Crippen LogP contribution in [0.1, 0.15) is 169 Å². The number of aliphatic hydroxyl groups is 5. The molecule has 0 bridgehead atoms. The van der Waals surface area contributed by atoms with Gasteiger partial charge in [0.1, 0.15) is 30.5 Å². The van der Waals surface area contributed by atoms with Crippen LogP contribution in [0.25, 0.3) is 0 Å². The van der Waals surface area contributed by atoms with E-state index in [1.54, 1.807) is 0 Å². The number of carbonyl (C=O) groups is 1. The van der Waals surface area contributed by atoms with E-state index in [4.69, 9.17) is 14.2 Å². The highest BCUT2D eigenvalue weighted by molar-refractivity contribution is 5.80. The van der Waals surface area contributed by atoms with Crippen LogP contribution in [0.5, 0.6) is 0 Å². The van der Waals surface area contributed by atoms with Crippen LogP contribution in [0.15, 0.2) is 11.6 Å². The summed E-state index contributed by atoms with van der Waals surface area (Å²) in [6.07, 6.45) is 17.7. The molecule has 1 aliphatic rings. The monoisotopic (exact) mass is 716 g/mol. The SMILES string of the molecule is CCCCCCCCCCCCC[C@@H](O)[C@H](CO[C@H]1O[C@H](CO)[C@H](O)[C@H](O)[C@H]1OCC=C(C)C)NC(=O)[C@H](O)CCCCCCCCCCC. The normalized spacial score (nSPS) is 22.6. The van der Waals surface area contributed by atoms with Gasteiger partial charge in [-0.25, -0.2) is 0 Å². The minimum Gasteiger partial charge on any atom is -0.394 e. The predicted octanol–water partition coefficient (Wildman–Crippen LogP) is 6.62. The highest BCUT2D eigenvalue weighted by Crippen LogP contribution is 2.25. The van der Waals surface area contributed by atoms with Crippen molar-refractivity contribution in [1.29, 1.82) is 0 Å². The van der Waals surface area contributed by atoms with Crippen LogP contribution in [0.3, 0.4) is 0 Å². The Bertz CT molecular complexity index is 840. The minimum absolute atomic E-state index is 0.149. The molecule has 0 aromatic rings. The number of hydrogen-bond acceptors (Lipinski definition) is 9. The average molecular weight is 716 g/mol. The molecular formula is C40H77NO9. The van der Waals surface area contributed by atoms with Gasteiger partial charge in [0, 0.05) is 0 Å². The summed E-state index contributed by atoms with van der Waals surface area (Å²) < 4.78 is 17.6. The van der Waals surface area contributed by atoms with Crippen molar-refractivity contribution in [3.63, 3.8) is 0 Å². The van der Waals surface area contributed by atoms with Crippen molar-refractivity contribution in [3.8, 4) is 0 Å². The van der Waals surface area contributed by atoms with Crippen LogP contribution in [0, 0.1) is 0 Å². The van der Waals surface area contributed by atoms with Crippen molar-refractivity contribution in [2.24, 2.45) is 0 Å². The fourth-order valence-electron chi connectivity index (χ4n) is 6.42. The van der Waals surface area contributed by atoms with E-state index in [1.165, 1.54) is 89.9 Å². The van der Waals surface area contributed by atoms with Gasteiger partial charge in [-0.15, -0.1) is 0 Å². The zero-order chi connectivity index (χ0) is 37.0. The third-order valence-electron chi connectivity index (χ3n) is 9.82. The molecule has 8 atom stereocenters. The van der Waals surface area contributed by atoms with Crippen LogP contribution in [-0.4, -0.2) is 100 Å². The maximum Gasteiger partial charge on any atom is 0.249 e. The van der Waals surface area contributed by atoms with Gasteiger partial charge < -0.3 is 45.1 Å². The van der Waals surface area contributed by atoms with Crippen LogP contribution >= 0.6 is 0 Å². The average Bonchev–Trinajstić information content (AvgIpc) is 3.10. The van der Waals surface area contributed by atoms with Crippen molar-refractivity contribution in [1.82, 2.24) is 5.32 Å². The maximum absolute atomic E-state index is 13.1. The number of hydrogen-bond donors (Lipinski definition) is 6. The van der Waals surface area contributed by atoms with Gasteiger partial charge in [-0.2, -0.15) is 0 Å². The number of ether oxygens (including phenoxy) is 3. The predicted molar refractivity (Wildman–Crippen MR) is 200 cm³/mol. The van der Waals surface area contributed by atoms with Crippen molar-refractivity contribution in [2.45, 2.75) is 218 Å². The Hall–Kier alpha value is -1.11. The first-order valence-electron chi connectivity index (χ1n) is 20.3. The molecule has 1 aliphatic heterocycles. The lowest BCUT2D eigenvalue weighted by atomic mass is 9.99. The number of aliphatic hydroxyl groups excluding tert-OH is 5. The lowest BCUT2D eigenvalue weighted by molar-refractivity contribution is -0.310. The third-order valence-corrected chi connectivity index (χ3v) is 9.82. The molecule has 1 rings (SSSR count).